The molecule has 0 N–H and O–H groups in total. The second kappa shape index (κ2) is 5.03. The van der Waals surface area contributed by atoms with E-state index < -0.39 is 0 Å². The Balaban J connectivity index is 1.54. The summed E-state index contributed by atoms with van der Waals surface area (Å²) in [5, 5.41) is 0. The van der Waals surface area contributed by atoms with Crippen LogP contribution in [0.1, 0.15) is 66.2 Å². The van der Waals surface area contributed by atoms with E-state index in [0.717, 1.165) is 38.5 Å². The lowest BCUT2D eigenvalue weighted by atomic mass is 9.42. The molecule has 0 unspecified atom stereocenters. The fourth-order valence-electron chi connectivity index (χ4n) is 7.85. The van der Waals surface area contributed by atoms with Gasteiger partial charge in [-0.15, -0.1) is 0 Å². The Morgan fingerprint density at radius 2 is 1.92 bits per heavy atom. The van der Waals surface area contributed by atoms with Gasteiger partial charge in [-0.1, -0.05) is 27.2 Å². The first-order chi connectivity index (χ1) is 12.3. The van der Waals surface area contributed by atoms with Gasteiger partial charge in [0, 0.05) is 5.92 Å². The average Bonchev–Trinajstić information content (AvgIpc) is 3.40. The van der Waals surface area contributed by atoms with Gasteiger partial charge in [0.2, 0.25) is 0 Å². The normalized spacial score (nSPS) is 57.2. The van der Waals surface area contributed by atoms with Gasteiger partial charge in [-0.2, -0.15) is 0 Å². The van der Waals surface area contributed by atoms with Crippen LogP contribution >= 0.6 is 0 Å². The van der Waals surface area contributed by atoms with Gasteiger partial charge >= 0.3 is 5.97 Å². The molecule has 3 saturated heterocycles. The highest BCUT2D eigenvalue weighted by atomic mass is 17.2. The van der Waals surface area contributed by atoms with E-state index in [2.05, 4.69) is 27.7 Å². The van der Waals surface area contributed by atoms with Gasteiger partial charge < -0.3 is 9.47 Å². The Bertz CT molecular complexity index is 648. The molecule has 26 heavy (non-hydrogen) atoms. The van der Waals surface area contributed by atoms with Crippen molar-refractivity contribution in [3.8, 4) is 0 Å². The summed E-state index contributed by atoms with van der Waals surface area (Å²) in [6, 6.07) is 0. The van der Waals surface area contributed by atoms with Crippen molar-refractivity contribution in [1.82, 2.24) is 0 Å². The number of esters is 1. The summed E-state index contributed by atoms with van der Waals surface area (Å²) < 4.78 is 11.6. The van der Waals surface area contributed by atoms with Gasteiger partial charge in [0.15, 0.2) is 0 Å². The van der Waals surface area contributed by atoms with Crippen molar-refractivity contribution in [2.75, 3.05) is 7.11 Å². The van der Waals surface area contributed by atoms with Gasteiger partial charge in [-0.3, -0.25) is 4.79 Å². The van der Waals surface area contributed by atoms with Gasteiger partial charge in [0.25, 0.3) is 0 Å². The maximum Gasteiger partial charge on any atom is 0.311 e. The van der Waals surface area contributed by atoms with Crippen LogP contribution < -0.4 is 0 Å². The number of hydrogen-bond acceptors (Lipinski definition) is 5. The Hall–Kier alpha value is -0.650. The van der Waals surface area contributed by atoms with E-state index in [1.54, 1.807) is 0 Å². The number of hydrogen-bond donors (Lipinski definition) is 0. The van der Waals surface area contributed by atoms with Crippen molar-refractivity contribution in [3.63, 3.8) is 0 Å². The maximum absolute atomic E-state index is 12.7. The predicted octanol–water partition coefficient (Wildman–Crippen LogP) is 3.65. The molecule has 0 radical (unpaired) electrons. The third-order valence-electron chi connectivity index (χ3n) is 9.13. The Kier molecular flexibility index (Phi) is 3.38. The molecule has 5 heteroatoms. The van der Waals surface area contributed by atoms with E-state index in [-0.39, 0.29) is 40.2 Å². The lowest BCUT2D eigenvalue weighted by molar-refractivity contribution is -0.466. The fraction of sp³-hybridized carbons (Fsp3) is 0.952. The molecule has 8 atom stereocenters. The molecule has 0 aromatic carbocycles. The smallest absolute Gasteiger partial charge is 0.311 e. The summed E-state index contributed by atoms with van der Waals surface area (Å²) in [4.78, 5) is 24.7. The molecule has 0 amide bonds. The summed E-state index contributed by atoms with van der Waals surface area (Å²) in [5.41, 5.74) is -0.812. The van der Waals surface area contributed by atoms with E-state index in [1.165, 1.54) is 7.11 Å². The number of epoxide rings is 1. The molecule has 0 aromatic heterocycles. The minimum atomic E-state index is -0.388. The first-order valence-corrected chi connectivity index (χ1v) is 10.4. The van der Waals surface area contributed by atoms with Gasteiger partial charge in [-0.25, -0.2) is 9.78 Å². The SMILES string of the molecule is COC(=O)[C@]1(C)CCC[C@@]2(C)[C@H]3C[C@@H]4OO[C@@]3(CC[C@H]21)[C@@H]1O[C@]41C(C)C. The van der Waals surface area contributed by atoms with E-state index in [9.17, 15) is 4.79 Å². The van der Waals surface area contributed by atoms with Crippen LogP contribution in [0, 0.1) is 28.6 Å². The van der Waals surface area contributed by atoms with Crippen LogP contribution in [0.3, 0.4) is 0 Å². The van der Waals surface area contributed by atoms with Crippen molar-refractivity contribution < 1.29 is 24.0 Å². The first kappa shape index (κ1) is 17.4. The van der Waals surface area contributed by atoms with Crippen LogP contribution in [-0.2, 0) is 24.0 Å². The number of carbonyl (C=O) groups is 1. The predicted molar refractivity (Wildman–Crippen MR) is 94.0 cm³/mol. The second-order valence-electron chi connectivity index (χ2n) is 10.3. The Morgan fingerprint density at radius 3 is 2.62 bits per heavy atom. The van der Waals surface area contributed by atoms with Crippen LogP contribution in [0.4, 0.5) is 0 Å². The van der Waals surface area contributed by atoms with Gasteiger partial charge in [-0.05, 0) is 56.3 Å². The molecule has 146 valence electrons. The van der Waals surface area contributed by atoms with Crippen molar-refractivity contribution >= 4 is 5.97 Å². The third kappa shape index (κ3) is 1.72. The second-order valence-corrected chi connectivity index (χ2v) is 10.3. The van der Waals surface area contributed by atoms with E-state index in [0.29, 0.717) is 17.8 Å². The maximum atomic E-state index is 12.7. The lowest BCUT2D eigenvalue weighted by Gasteiger charge is -2.65. The molecular formula is C21H32O5. The molecule has 2 bridgehead atoms. The van der Waals surface area contributed by atoms with E-state index >= 15 is 0 Å². The van der Waals surface area contributed by atoms with Crippen LogP contribution in [0.25, 0.3) is 0 Å². The van der Waals surface area contributed by atoms with Crippen LogP contribution in [0.5, 0.6) is 0 Å². The fourth-order valence-corrected chi connectivity index (χ4v) is 7.85. The van der Waals surface area contributed by atoms with Crippen molar-refractivity contribution in [1.29, 1.82) is 0 Å². The first-order valence-electron chi connectivity index (χ1n) is 10.4. The average molecular weight is 364 g/mol. The molecule has 6 aliphatic rings. The minimum absolute atomic E-state index is 0.0151. The molecule has 1 spiro atoms. The van der Waals surface area contributed by atoms with Crippen LogP contribution in [0.2, 0.25) is 0 Å². The summed E-state index contributed by atoms with van der Waals surface area (Å²) in [6.07, 6.45) is 6.18. The van der Waals surface area contributed by atoms with Crippen molar-refractivity contribution in [2.24, 2.45) is 28.6 Å². The molecule has 3 aliphatic heterocycles. The van der Waals surface area contributed by atoms with Crippen LogP contribution in [-0.4, -0.2) is 36.5 Å². The Morgan fingerprint density at radius 1 is 1.15 bits per heavy atom. The molecule has 0 aromatic rings. The minimum Gasteiger partial charge on any atom is -0.469 e. The largest absolute Gasteiger partial charge is 0.469 e. The number of carbonyl (C=O) groups excluding carboxylic acids is 1. The molecule has 6 fully saturated rings. The van der Waals surface area contributed by atoms with Gasteiger partial charge in [0.05, 0.1) is 12.5 Å². The zero-order valence-corrected chi connectivity index (χ0v) is 16.7. The zero-order valence-electron chi connectivity index (χ0n) is 16.7. The summed E-state index contributed by atoms with van der Waals surface area (Å²) in [7, 11) is 1.53. The molecule has 5 nitrogen and oxygen atoms in total. The highest BCUT2D eigenvalue weighted by molar-refractivity contribution is 5.77. The number of rotatable bonds is 2. The molecule has 3 aliphatic carbocycles. The highest BCUT2D eigenvalue weighted by Gasteiger charge is 2.83. The quantitative estimate of drug-likeness (QED) is 0.425. The Labute approximate surface area is 156 Å². The third-order valence-corrected chi connectivity index (χ3v) is 9.13. The van der Waals surface area contributed by atoms with Crippen molar-refractivity contribution in [2.45, 2.75) is 89.6 Å². The van der Waals surface area contributed by atoms with E-state index in [1.807, 2.05) is 0 Å². The summed E-state index contributed by atoms with van der Waals surface area (Å²) in [6.45, 7) is 8.99. The van der Waals surface area contributed by atoms with Crippen LogP contribution in [0.15, 0.2) is 0 Å². The highest BCUT2D eigenvalue weighted by Crippen LogP contribution is 2.73. The zero-order chi connectivity index (χ0) is 18.5. The van der Waals surface area contributed by atoms with Gasteiger partial charge in [0.1, 0.15) is 23.4 Å². The number of ether oxygens (including phenoxy) is 2. The standard InChI is InChI=1S/C21H32O5/c1-12(2)21-15-11-14-18(3)8-6-9-19(4,17(22)23-5)13(18)7-10-20(14,26-25-15)16(21)24-21/h12-16H,6-11H2,1-5H3/t13-,14-,15+,16+,18-,19-,20-,21-/m1/s1. The molecule has 3 saturated carbocycles. The molecule has 3 heterocycles. The molecule has 6 rings (SSSR count). The van der Waals surface area contributed by atoms with E-state index in [4.69, 9.17) is 19.2 Å². The lowest BCUT2D eigenvalue weighted by Crippen LogP contribution is -2.71. The summed E-state index contributed by atoms with van der Waals surface area (Å²) >= 11 is 0. The monoisotopic (exact) mass is 364 g/mol. The number of methoxy groups -OCH3 is 1. The van der Waals surface area contributed by atoms with Crippen molar-refractivity contribution in [3.05, 3.63) is 0 Å². The summed E-state index contributed by atoms with van der Waals surface area (Å²) in [5.74, 6) is 1.11. The molecular weight excluding hydrogens is 332 g/mol. The topological polar surface area (TPSA) is 57.3 Å². The number of fused-ring (bicyclic) bond motifs is 2.